The number of allylic oxidation sites excluding steroid dienone is 2. The molecule has 2 atom stereocenters. The van der Waals surface area contributed by atoms with Gasteiger partial charge >= 0.3 is 0 Å². The molecule has 0 fully saturated rings. The fraction of sp³-hybridized carbons (Fsp3) is 0.222. The van der Waals surface area contributed by atoms with Crippen LogP contribution in [0.4, 0.5) is 0 Å². The normalized spacial score (nSPS) is 23.1. The fourth-order valence-corrected chi connectivity index (χ4v) is 4.80. The van der Waals surface area contributed by atoms with Crippen LogP contribution in [0, 0.1) is 0 Å². The highest BCUT2D eigenvalue weighted by molar-refractivity contribution is 9.11. The first kappa shape index (κ1) is 18.5. The Morgan fingerprint density at radius 2 is 2.15 bits per heavy atom. The molecule has 0 spiro atoms. The lowest BCUT2D eigenvalue weighted by atomic mass is 10.1. The van der Waals surface area contributed by atoms with E-state index in [2.05, 4.69) is 48.9 Å². The molecule has 1 amide bonds. The Morgan fingerprint density at radius 1 is 1.37 bits per heavy atom. The van der Waals surface area contributed by atoms with Gasteiger partial charge in [-0.2, -0.15) is 5.10 Å². The average Bonchev–Trinajstić information content (AvgIpc) is 3.33. The van der Waals surface area contributed by atoms with Crippen molar-refractivity contribution in [2.24, 2.45) is 5.10 Å². The molecule has 3 heterocycles. The number of halogens is 1. The summed E-state index contributed by atoms with van der Waals surface area (Å²) in [6, 6.07) is 7.71. The van der Waals surface area contributed by atoms with Crippen LogP contribution in [0.2, 0.25) is 0 Å². The Labute approximate surface area is 174 Å². The van der Waals surface area contributed by atoms with Crippen molar-refractivity contribution in [1.82, 2.24) is 20.5 Å². The van der Waals surface area contributed by atoms with Crippen LogP contribution in [0.5, 0.6) is 0 Å². The lowest BCUT2D eigenvalue weighted by Gasteiger charge is -2.27. The molecular weight excluding hydrogens is 446 g/mol. The van der Waals surface area contributed by atoms with Crippen LogP contribution in [-0.4, -0.2) is 45.0 Å². The molecule has 0 bridgehead atoms. The third-order valence-electron chi connectivity index (χ3n) is 4.42. The van der Waals surface area contributed by atoms with Crippen molar-refractivity contribution >= 4 is 55.4 Å². The molecule has 3 aliphatic heterocycles. The highest BCUT2D eigenvalue weighted by atomic mass is 79.9. The Bertz CT molecular complexity index is 880. The summed E-state index contributed by atoms with van der Waals surface area (Å²) >= 11 is 6.63. The van der Waals surface area contributed by atoms with E-state index in [1.807, 2.05) is 42.8 Å². The van der Waals surface area contributed by atoms with E-state index in [0.29, 0.717) is 5.56 Å². The van der Waals surface area contributed by atoms with E-state index < -0.39 is 0 Å². The monoisotopic (exact) mass is 463 g/mol. The van der Waals surface area contributed by atoms with Gasteiger partial charge in [0.25, 0.3) is 5.91 Å². The highest BCUT2D eigenvalue weighted by Gasteiger charge is 2.28. The number of carbonyl (C=O) groups is 1. The van der Waals surface area contributed by atoms with Gasteiger partial charge in [0.1, 0.15) is 6.17 Å². The van der Waals surface area contributed by atoms with E-state index in [-0.39, 0.29) is 17.6 Å². The van der Waals surface area contributed by atoms with Crippen LogP contribution < -0.4 is 10.7 Å². The van der Waals surface area contributed by atoms with Crippen LogP contribution >= 0.6 is 39.5 Å². The van der Waals surface area contributed by atoms with E-state index >= 15 is 0 Å². The van der Waals surface area contributed by atoms with Gasteiger partial charge in [0.15, 0.2) is 9.87 Å². The number of benzene rings is 1. The first-order valence-electron chi connectivity index (χ1n) is 8.28. The van der Waals surface area contributed by atoms with Crippen LogP contribution in [0.1, 0.15) is 15.9 Å². The molecule has 4 rings (SSSR count). The minimum Gasteiger partial charge on any atom is -0.366 e. The van der Waals surface area contributed by atoms with E-state index in [0.717, 1.165) is 20.1 Å². The number of hydrogen-bond donors (Lipinski definition) is 2. The molecule has 2 unspecified atom stereocenters. The van der Waals surface area contributed by atoms with Crippen molar-refractivity contribution in [3.63, 3.8) is 0 Å². The largest absolute Gasteiger partial charge is 0.366 e. The summed E-state index contributed by atoms with van der Waals surface area (Å²) in [5.74, 6) is -0.0379. The summed E-state index contributed by atoms with van der Waals surface area (Å²) in [5.41, 5.74) is 5.59. The lowest BCUT2D eigenvalue weighted by molar-refractivity contribution is 0.0767. The van der Waals surface area contributed by atoms with Crippen molar-refractivity contribution in [2.45, 2.75) is 11.7 Å². The number of rotatable bonds is 3. The van der Waals surface area contributed by atoms with Gasteiger partial charge in [0, 0.05) is 29.5 Å². The molecule has 27 heavy (non-hydrogen) atoms. The molecule has 140 valence electrons. The van der Waals surface area contributed by atoms with E-state index in [1.165, 1.54) is 0 Å². The van der Waals surface area contributed by atoms with E-state index in [1.54, 1.807) is 35.5 Å². The van der Waals surface area contributed by atoms with Gasteiger partial charge in [-0.05, 0) is 63.8 Å². The van der Waals surface area contributed by atoms with Crippen LogP contribution in [0.25, 0.3) is 5.70 Å². The zero-order valence-corrected chi connectivity index (χ0v) is 17.9. The van der Waals surface area contributed by atoms with Crippen molar-refractivity contribution in [2.75, 3.05) is 13.3 Å². The molecule has 3 aliphatic rings. The van der Waals surface area contributed by atoms with Gasteiger partial charge in [0.05, 0.1) is 5.70 Å². The summed E-state index contributed by atoms with van der Waals surface area (Å²) in [4.78, 5) is 16.6. The number of hydrazone groups is 1. The molecule has 0 radical (unpaired) electrons. The second-order valence-electron chi connectivity index (χ2n) is 6.10. The van der Waals surface area contributed by atoms with E-state index in [4.69, 9.17) is 0 Å². The third kappa shape index (κ3) is 3.63. The maximum atomic E-state index is 12.8. The number of hydrogen-bond acceptors (Lipinski definition) is 7. The first-order chi connectivity index (χ1) is 13.1. The van der Waals surface area contributed by atoms with Crippen molar-refractivity contribution in [1.29, 1.82) is 0 Å². The minimum atomic E-state index is -0.176. The quantitative estimate of drug-likeness (QED) is 0.716. The number of fused-ring (bicyclic) bond motifs is 1. The van der Waals surface area contributed by atoms with Crippen molar-refractivity contribution in [3.05, 3.63) is 64.4 Å². The van der Waals surface area contributed by atoms with Gasteiger partial charge in [-0.1, -0.05) is 12.1 Å². The maximum Gasteiger partial charge on any atom is 0.255 e. The van der Waals surface area contributed by atoms with E-state index in [9.17, 15) is 4.79 Å². The molecule has 1 aromatic carbocycles. The molecular formula is C18H18BrN5OS2. The van der Waals surface area contributed by atoms with Gasteiger partial charge in [-0.25, -0.2) is 0 Å². The van der Waals surface area contributed by atoms with Crippen LogP contribution in [0.3, 0.4) is 0 Å². The van der Waals surface area contributed by atoms with Gasteiger partial charge in [-0.15, -0.1) is 11.8 Å². The molecule has 2 N–H and O–H groups in total. The second-order valence-corrected chi connectivity index (χ2v) is 9.13. The Hall–Kier alpha value is -1.84. The minimum absolute atomic E-state index is 0.0379. The zero-order chi connectivity index (χ0) is 19.0. The Balaban J connectivity index is 1.46. The fourth-order valence-electron chi connectivity index (χ4n) is 2.97. The average molecular weight is 464 g/mol. The maximum absolute atomic E-state index is 12.8. The predicted molar refractivity (Wildman–Crippen MR) is 117 cm³/mol. The Morgan fingerprint density at radius 3 is 2.85 bits per heavy atom. The summed E-state index contributed by atoms with van der Waals surface area (Å²) in [5, 5.41) is 7.55. The van der Waals surface area contributed by atoms with Gasteiger partial charge in [-0.3, -0.25) is 10.2 Å². The summed E-state index contributed by atoms with van der Waals surface area (Å²) in [6.45, 7) is 0. The van der Waals surface area contributed by atoms with Crippen LogP contribution in [-0.2, 0) is 0 Å². The standard InChI is InChI=1S/C18H18BrN5OS2/c1-23(17-21-22-18(26-2)27-17)16(25)12-5-3-11(4-6-12)14-9-20-15-8-7-13(19)10-24(14)15/h3-10,15,17,20-21H,1-2H3. The van der Waals surface area contributed by atoms with Gasteiger partial charge < -0.3 is 15.1 Å². The molecule has 6 nitrogen and oxygen atoms in total. The second kappa shape index (κ2) is 7.65. The Kier molecular flexibility index (Phi) is 5.25. The molecule has 0 saturated carbocycles. The summed E-state index contributed by atoms with van der Waals surface area (Å²) in [7, 11) is 1.79. The molecule has 0 saturated heterocycles. The lowest BCUT2D eigenvalue weighted by Crippen LogP contribution is -2.40. The highest BCUT2D eigenvalue weighted by Crippen LogP contribution is 2.31. The molecule has 0 aromatic heterocycles. The summed E-state index contributed by atoms with van der Waals surface area (Å²) < 4.78 is 1.95. The smallest absolute Gasteiger partial charge is 0.255 e. The summed E-state index contributed by atoms with van der Waals surface area (Å²) in [6.07, 6.45) is 10.3. The van der Waals surface area contributed by atoms with Crippen molar-refractivity contribution in [3.8, 4) is 0 Å². The predicted octanol–water partition coefficient (Wildman–Crippen LogP) is 3.35. The number of nitrogens with one attached hydrogen (secondary N) is 2. The third-order valence-corrected chi connectivity index (χ3v) is 7.06. The van der Waals surface area contributed by atoms with Crippen LogP contribution in [0.15, 0.2) is 58.4 Å². The zero-order valence-electron chi connectivity index (χ0n) is 14.7. The molecule has 1 aromatic rings. The number of carbonyl (C=O) groups excluding carboxylic acids is 1. The van der Waals surface area contributed by atoms with Gasteiger partial charge in [0.2, 0.25) is 0 Å². The number of thioether (sulfide) groups is 2. The molecule has 0 aliphatic carbocycles. The van der Waals surface area contributed by atoms with Crippen molar-refractivity contribution < 1.29 is 4.79 Å². The SMILES string of the molecule is CSC1=NNC(N(C)C(=O)c2ccc(C3=CNC4C=CC(Br)=CN34)cc2)S1. The first-order valence-corrected chi connectivity index (χ1v) is 11.2. The number of amides is 1. The number of nitrogens with zero attached hydrogens (tertiary/aromatic N) is 3. The topological polar surface area (TPSA) is 60.0 Å². The molecule has 9 heteroatoms.